The van der Waals surface area contributed by atoms with Crippen LogP contribution in [0, 0.1) is 6.92 Å². The minimum atomic E-state index is -0.215. The summed E-state index contributed by atoms with van der Waals surface area (Å²) in [6, 6.07) is 6.98. The lowest BCUT2D eigenvalue weighted by Crippen LogP contribution is -2.08. The highest BCUT2D eigenvalue weighted by Gasteiger charge is 2.09. The Balaban J connectivity index is 2.24. The van der Waals surface area contributed by atoms with Gasteiger partial charge in [0.25, 0.3) is 0 Å². The molecule has 0 saturated carbocycles. The Kier molecular flexibility index (Phi) is 5.12. The van der Waals surface area contributed by atoms with E-state index in [9.17, 15) is 9.59 Å². The van der Waals surface area contributed by atoms with Gasteiger partial charge in [0, 0.05) is 17.4 Å². The Morgan fingerprint density at radius 2 is 2.05 bits per heavy atom. The van der Waals surface area contributed by atoms with Gasteiger partial charge in [-0.1, -0.05) is 0 Å². The number of thiophene rings is 1. The molecule has 0 unspecified atom stereocenters. The summed E-state index contributed by atoms with van der Waals surface area (Å²) in [4.78, 5) is 24.5. The third-order valence-corrected chi connectivity index (χ3v) is 4.07. The van der Waals surface area contributed by atoms with Crippen LogP contribution < -0.4 is 10.1 Å². The molecule has 2 aromatic rings. The standard InChI is InChI=1S/C17H17NO3S/c1-11-8-9-22-17(11)7-5-15(20)13-4-6-16(21-3)14(10-13)18-12(2)19/h4-10H,1-3H3,(H,18,19)/b7-5+. The Hall–Kier alpha value is -2.40. The van der Waals surface area contributed by atoms with Crippen molar-refractivity contribution < 1.29 is 14.3 Å². The SMILES string of the molecule is COc1ccc(C(=O)/C=C/c2sccc2C)cc1NC(C)=O. The molecule has 0 fully saturated rings. The molecule has 0 radical (unpaired) electrons. The summed E-state index contributed by atoms with van der Waals surface area (Å²) >= 11 is 1.59. The summed E-state index contributed by atoms with van der Waals surface area (Å²) in [7, 11) is 1.52. The van der Waals surface area contributed by atoms with Crippen LogP contribution in [0.25, 0.3) is 6.08 Å². The van der Waals surface area contributed by atoms with Crippen LogP contribution in [0.4, 0.5) is 5.69 Å². The molecule has 0 aliphatic rings. The lowest BCUT2D eigenvalue weighted by molar-refractivity contribution is -0.114. The lowest BCUT2D eigenvalue weighted by atomic mass is 10.1. The van der Waals surface area contributed by atoms with Crippen molar-refractivity contribution in [3.05, 3.63) is 51.7 Å². The van der Waals surface area contributed by atoms with E-state index in [-0.39, 0.29) is 11.7 Å². The Morgan fingerprint density at radius 1 is 1.27 bits per heavy atom. The summed E-state index contributed by atoms with van der Waals surface area (Å²) in [5, 5.41) is 4.65. The molecule has 1 aromatic heterocycles. The van der Waals surface area contributed by atoms with Crippen molar-refractivity contribution in [2.75, 3.05) is 12.4 Å². The zero-order valence-electron chi connectivity index (χ0n) is 12.7. The number of benzene rings is 1. The largest absolute Gasteiger partial charge is 0.495 e. The van der Waals surface area contributed by atoms with Crippen LogP contribution in [0.2, 0.25) is 0 Å². The fourth-order valence-electron chi connectivity index (χ4n) is 1.95. The average molecular weight is 315 g/mol. The van der Waals surface area contributed by atoms with Crippen LogP contribution in [0.1, 0.15) is 27.7 Å². The van der Waals surface area contributed by atoms with Gasteiger partial charge in [-0.2, -0.15) is 0 Å². The van der Waals surface area contributed by atoms with E-state index in [0.717, 1.165) is 10.4 Å². The molecule has 0 aliphatic carbocycles. The minimum absolute atomic E-state index is 0.123. The van der Waals surface area contributed by atoms with Crippen molar-refractivity contribution in [3.63, 3.8) is 0 Å². The van der Waals surface area contributed by atoms with E-state index in [1.165, 1.54) is 20.1 Å². The number of allylic oxidation sites excluding steroid dienone is 1. The number of hydrogen-bond donors (Lipinski definition) is 1. The average Bonchev–Trinajstić information content (AvgIpc) is 2.89. The third-order valence-electron chi connectivity index (χ3n) is 3.08. The molecule has 0 spiro atoms. The molecule has 0 atom stereocenters. The van der Waals surface area contributed by atoms with Crippen LogP contribution in [0.3, 0.4) is 0 Å². The molecule has 1 aromatic carbocycles. The molecular weight excluding hydrogens is 298 g/mol. The summed E-state index contributed by atoms with van der Waals surface area (Å²) in [5.41, 5.74) is 2.12. The first-order valence-electron chi connectivity index (χ1n) is 6.73. The zero-order valence-corrected chi connectivity index (χ0v) is 13.5. The van der Waals surface area contributed by atoms with Gasteiger partial charge in [0.2, 0.25) is 5.91 Å². The first-order valence-corrected chi connectivity index (χ1v) is 7.61. The van der Waals surface area contributed by atoms with Gasteiger partial charge < -0.3 is 10.1 Å². The smallest absolute Gasteiger partial charge is 0.221 e. The Bertz CT molecular complexity index is 731. The number of hydrogen-bond acceptors (Lipinski definition) is 4. The van der Waals surface area contributed by atoms with Gasteiger partial charge in [0.05, 0.1) is 12.8 Å². The maximum atomic E-state index is 12.3. The highest BCUT2D eigenvalue weighted by atomic mass is 32.1. The highest BCUT2D eigenvalue weighted by molar-refractivity contribution is 7.11. The molecule has 5 heteroatoms. The number of amides is 1. The maximum Gasteiger partial charge on any atom is 0.221 e. The number of anilines is 1. The van der Waals surface area contributed by atoms with E-state index in [4.69, 9.17) is 4.74 Å². The minimum Gasteiger partial charge on any atom is -0.495 e. The number of carbonyl (C=O) groups is 2. The van der Waals surface area contributed by atoms with Crippen LogP contribution in [-0.2, 0) is 4.79 Å². The van der Waals surface area contributed by atoms with Crippen LogP contribution in [0.15, 0.2) is 35.7 Å². The lowest BCUT2D eigenvalue weighted by Gasteiger charge is -2.09. The normalized spacial score (nSPS) is 10.7. The number of rotatable bonds is 5. The summed E-state index contributed by atoms with van der Waals surface area (Å²) in [5.74, 6) is 0.180. The molecule has 1 N–H and O–H groups in total. The number of methoxy groups -OCH3 is 1. The van der Waals surface area contributed by atoms with Gasteiger partial charge in [-0.3, -0.25) is 9.59 Å². The van der Waals surface area contributed by atoms with Crippen molar-refractivity contribution in [1.82, 2.24) is 0 Å². The van der Waals surface area contributed by atoms with Crippen LogP contribution in [-0.4, -0.2) is 18.8 Å². The van der Waals surface area contributed by atoms with Gasteiger partial charge in [0.15, 0.2) is 5.78 Å². The predicted octanol–water partition coefficient (Wildman–Crippen LogP) is 3.92. The molecular formula is C17H17NO3S. The van der Waals surface area contributed by atoms with E-state index in [2.05, 4.69) is 5.32 Å². The highest BCUT2D eigenvalue weighted by Crippen LogP contribution is 2.26. The molecule has 1 amide bonds. The summed E-state index contributed by atoms with van der Waals surface area (Å²) in [6.07, 6.45) is 3.35. The van der Waals surface area contributed by atoms with Gasteiger partial charge >= 0.3 is 0 Å². The second-order valence-corrected chi connectivity index (χ2v) is 5.71. The zero-order chi connectivity index (χ0) is 16.1. The number of aryl methyl sites for hydroxylation is 1. The number of ether oxygens (including phenoxy) is 1. The van der Waals surface area contributed by atoms with E-state index >= 15 is 0 Å². The number of nitrogens with one attached hydrogen (secondary N) is 1. The summed E-state index contributed by atoms with van der Waals surface area (Å²) < 4.78 is 5.17. The van der Waals surface area contributed by atoms with Crippen molar-refractivity contribution in [3.8, 4) is 5.75 Å². The molecule has 0 aliphatic heterocycles. The molecule has 2 rings (SSSR count). The second-order valence-electron chi connectivity index (χ2n) is 4.76. The van der Waals surface area contributed by atoms with Gasteiger partial charge in [-0.15, -0.1) is 11.3 Å². The van der Waals surface area contributed by atoms with Crippen LogP contribution >= 0.6 is 11.3 Å². The molecule has 114 valence electrons. The Labute approximate surface area is 133 Å². The van der Waals surface area contributed by atoms with E-state index < -0.39 is 0 Å². The first kappa shape index (κ1) is 16.0. The van der Waals surface area contributed by atoms with Crippen molar-refractivity contribution in [1.29, 1.82) is 0 Å². The number of ketones is 1. The predicted molar refractivity (Wildman–Crippen MR) is 89.7 cm³/mol. The van der Waals surface area contributed by atoms with Gasteiger partial charge in [-0.05, 0) is 54.3 Å². The van der Waals surface area contributed by atoms with Gasteiger partial charge in [0.1, 0.15) is 5.75 Å². The summed E-state index contributed by atoms with van der Waals surface area (Å²) in [6.45, 7) is 3.41. The molecule has 22 heavy (non-hydrogen) atoms. The van der Waals surface area contributed by atoms with Crippen molar-refractivity contribution in [2.24, 2.45) is 0 Å². The van der Waals surface area contributed by atoms with Crippen molar-refractivity contribution in [2.45, 2.75) is 13.8 Å². The van der Waals surface area contributed by atoms with E-state index in [1.807, 2.05) is 24.4 Å². The van der Waals surface area contributed by atoms with Gasteiger partial charge in [-0.25, -0.2) is 0 Å². The topological polar surface area (TPSA) is 55.4 Å². The number of carbonyl (C=O) groups excluding carboxylic acids is 2. The van der Waals surface area contributed by atoms with Crippen molar-refractivity contribution >= 4 is 34.8 Å². The quantitative estimate of drug-likeness (QED) is 0.672. The third kappa shape index (κ3) is 3.83. The maximum absolute atomic E-state index is 12.3. The molecule has 4 nitrogen and oxygen atoms in total. The monoisotopic (exact) mass is 315 g/mol. The second kappa shape index (κ2) is 7.04. The first-order chi connectivity index (χ1) is 10.5. The van der Waals surface area contributed by atoms with E-state index in [1.54, 1.807) is 29.5 Å². The molecule has 0 saturated heterocycles. The molecule has 1 heterocycles. The Morgan fingerprint density at radius 3 is 2.64 bits per heavy atom. The van der Waals surface area contributed by atoms with Crippen LogP contribution in [0.5, 0.6) is 5.75 Å². The molecule has 0 bridgehead atoms. The van der Waals surface area contributed by atoms with E-state index in [0.29, 0.717) is 17.0 Å². The fourth-order valence-corrected chi connectivity index (χ4v) is 2.77. The fraction of sp³-hybridized carbons (Fsp3) is 0.176.